The van der Waals surface area contributed by atoms with Crippen LogP contribution >= 0.6 is 0 Å². The van der Waals surface area contributed by atoms with Gasteiger partial charge in [0.1, 0.15) is 0 Å². The summed E-state index contributed by atoms with van der Waals surface area (Å²) >= 11 is 0. The Bertz CT molecular complexity index is 232. The van der Waals surface area contributed by atoms with Gasteiger partial charge in [-0.3, -0.25) is 9.59 Å². The van der Waals surface area contributed by atoms with Crippen molar-refractivity contribution in [2.24, 2.45) is 0 Å². The molecule has 1 heterocycles. The van der Waals surface area contributed by atoms with Gasteiger partial charge in [0.2, 0.25) is 0 Å². The molecular formula is C12H21NO3. The number of hydrogen-bond donors (Lipinski definition) is 0. The summed E-state index contributed by atoms with van der Waals surface area (Å²) in [5, 5.41) is 0. The van der Waals surface area contributed by atoms with Crippen LogP contribution in [-0.4, -0.2) is 36.5 Å². The van der Waals surface area contributed by atoms with Crippen molar-refractivity contribution in [2.75, 3.05) is 19.7 Å². The van der Waals surface area contributed by atoms with E-state index in [1.807, 2.05) is 11.8 Å². The van der Waals surface area contributed by atoms with Crippen LogP contribution in [0.5, 0.6) is 0 Å². The number of hydrogen-bond acceptors (Lipinski definition) is 3. The quantitative estimate of drug-likeness (QED) is 0.687. The van der Waals surface area contributed by atoms with Crippen molar-refractivity contribution >= 4 is 11.9 Å². The highest BCUT2D eigenvalue weighted by molar-refractivity contribution is 5.80. The van der Waals surface area contributed by atoms with Gasteiger partial charge in [-0.05, 0) is 19.3 Å². The second-order valence-corrected chi connectivity index (χ2v) is 4.21. The highest BCUT2D eigenvalue weighted by Crippen LogP contribution is 2.09. The van der Waals surface area contributed by atoms with E-state index >= 15 is 0 Å². The van der Waals surface area contributed by atoms with Gasteiger partial charge in [0.25, 0.3) is 5.91 Å². The fourth-order valence-electron chi connectivity index (χ4n) is 1.83. The lowest BCUT2D eigenvalue weighted by atomic mass is 10.2. The number of amides is 1. The molecule has 92 valence electrons. The summed E-state index contributed by atoms with van der Waals surface area (Å²) < 4.78 is 4.91. The van der Waals surface area contributed by atoms with Crippen molar-refractivity contribution in [1.82, 2.24) is 4.90 Å². The maximum Gasteiger partial charge on any atom is 0.306 e. The molecule has 0 unspecified atom stereocenters. The van der Waals surface area contributed by atoms with Crippen LogP contribution in [0.2, 0.25) is 0 Å². The van der Waals surface area contributed by atoms with Crippen LogP contribution in [-0.2, 0) is 14.3 Å². The van der Waals surface area contributed by atoms with E-state index in [1.165, 1.54) is 12.8 Å². The highest BCUT2D eigenvalue weighted by Gasteiger charge is 2.16. The highest BCUT2D eigenvalue weighted by atomic mass is 16.5. The molecule has 4 heteroatoms. The first-order valence-corrected chi connectivity index (χ1v) is 6.17. The average molecular weight is 227 g/mol. The SMILES string of the molecule is CCCC(=O)OCC(=O)N1CCCCCC1. The summed E-state index contributed by atoms with van der Waals surface area (Å²) in [4.78, 5) is 24.6. The molecule has 0 spiro atoms. The third-order valence-corrected chi connectivity index (χ3v) is 2.77. The molecular weight excluding hydrogens is 206 g/mol. The molecule has 1 saturated heterocycles. The average Bonchev–Trinajstić information content (AvgIpc) is 2.55. The molecule has 0 radical (unpaired) electrons. The number of rotatable bonds is 4. The van der Waals surface area contributed by atoms with Crippen LogP contribution in [0, 0.1) is 0 Å². The summed E-state index contributed by atoms with van der Waals surface area (Å²) in [6, 6.07) is 0. The van der Waals surface area contributed by atoms with E-state index in [-0.39, 0.29) is 18.5 Å². The van der Waals surface area contributed by atoms with Gasteiger partial charge in [-0.15, -0.1) is 0 Å². The summed E-state index contributed by atoms with van der Waals surface area (Å²) in [6.07, 6.45) is 5.67. The Morgan fingerprint density at radius 3 is 2.31 bits per heavy atom. The van der Waals surface area contributed by atoms with Gasteiger partial charge in [0.05, 0.1) is 0 Å². The zero-order chi connectivity index (χ0) is 11.8. The lowest BCUT2D eigenvalue weighted by Crippen LogP contribution is -2.35. The van der Waals surface area contributed by atoms with Crippen molar-refractivity contribution in [1.29, 1.82) is 0 Å². The predicted octanol–water partition coefficient (Wildman–Crippen LogP) is 1.73. The summed E-state index contributed by atoms with van der Waals surface area (Å²) in [6.45, 7) is 3.45. The van der Waals surface area contributed by atoms with Crippen molar-refractivity contribution < 1.29 is 14.3 Å². The number of likely N-dealkylation sites (tertiary alicyclic amines) is 1. The molecule has 1 amide bonds. The first-order chi connectivity index (χ1) is 7.74. The molecule has 1 aliphatic heterocycles. The van der Waals surface area contributed by atoms with Crippen LogP contribution in [0.15, 0.2) is 0 Å². The number of esters is 1. The topological polar surface area (TPSA) is 46.6 Å². The molecule has 1 fully saturated rings. The van der Waals surface area contributed by atoms with Crippen LogP contribution in [0.25, 0.3) is 0 Å². The van der Waals surface area contributed by atoms with E-state index in [9.17, 15) is 9.59 Å². The minimum Gasteiger partial charge on any atom is -0.456 e. The van der Waals surface area contributed by atoms with Crippen molar-refractivity contribution in [3.63, 3.8) is 0 Å². The zero-order valence-electron chi connectivity index (χ0n) is 10.0. The first-order valence-electron chi connectivity index (χ1n) is 6.17. The van der Waals surface area contributed by atoms with E-state index in [0.717, 1.165) is 32.4 Å². The fraction of sp³-hybridized carbons (Fsp3) is 0.833. The summed E-state index contributed by atoms with van der Waals surface area (Å²) in [5.41, 5.74) is 0. The van der Waals surface area contributed by atoms with Gasteiger partial charge >= 0.3 is 5.97 Å². The molecule has 0 bridgehead atoms. The molecule has 0 aromatic rings. The third kappa shape index (κ3) is 4.64. The number of carbonyl (C=O) groups excluding carboxylic acids is 2. The van der Waals surface area contributed by atoms with E-state index in [2.05, 4.69) is 0 Å². The Kier molecular flexibility index (Phi) is 5.90. The van der Waals surface area contributed by atoms with Crippen LogP contribution in [0.3, 0.4) is 0 Å². The lowest BCUT2D eigenvalue weighted by Gasteiger charge is -2.19. The number of ether oxygens (including phenoxy) is 1. The van der Waals surface area contributed by atoms with Crippen LogP contribution in [0.4, 0.5) is 0 Å². The third-order valence-electron chi connectivity index (χ3n) is 2.77. The molecule has 0 atom stereocenters. The Hall–Kier alpha value is -1.06. The van der Waals surface area contributed by atoms with Gasteiger partial charge < -0.3 is 9.64 Å². The molecule has 0 aliphatic carbocycles. The van der Waals surface area contributed by atoms with Crippen LogP contribution in [0.1, 0.15) is 45.4 Å². The van der Waals surface area contributed by atoms with Gasteiger partial charge in [0, 0.05) is 19.5 Å². The number of carbonyl (C=O) groups is 2. The van der Waals surface area contributed by atoms with Crippen LogP contribution < -0.4 is 0 Å². The minimum atomic E-state index is -0.273. The second-order valence-electron chi connectivity index (χ2n) is 4.21. The van der Waals surface area contributed by atoms with Crippen molar-refractivity contribution in [3.8, 4) is 0 Å². The fourth-order valence-corrected chi connectivity index (χ4v) is 1.83. The summed E-state index contributed by atoms with van der Waals surface area (Å²) in [5.74, 6) is -0.322. The monoisotopic (exact) mass is 227 g/mol. The smallest absolute Gasteiger partial charge is 0.306 e. The van der Waals surface area contributed by atoms with Gasteiger partial charge in [0.15, 0.2) is 6.61 Å². The van der Waals surface area contributed by atoms with E-state index < -0.39 is 0 Å². The Balaban J connectivity index is 2.25. The molecule has 0 saturated carbocycles. The van der Waals surface area contributed by atoms with E-state index in [1.54, 1.807) is 0 Å². The maximum absolute atomic E-state index is 11.7. The molecule has 0 aromatic carbocycles. The molecule has 0 aromatic heterocycles. The number of nitrogens with zero attached hydrogens (tertiary/aromatic N) is 1. The van der Waals surface area contributed by atoms with E-state index in [0.29, 0.717) is 6.42 Å². The Morgan fingerprint density at radius 2 is 1.75 bits per heavy atom. The largest absolute Gasteiger partial charge is 0.456 e. The molecule has 4 nitrogen and oxygen atoms in total. The van der Waals surface area contributed by atoms with Gasteiger partial charge in [-0.25, -0.2) is 0 Å². The first kappa shape index (κ1) is 13.0. The second kappa shape index (κ2) is 7.25. The maximum atomic E-state index is 11.7. The summed E-state index contributed by atoms with van der Waals surface area (Å²) in [7, 11) is 0. The lowest BCUT2D eigenvalue weighted by molar-refractivity contribution is -0.152. The van der Waals surface area contributed by atoms with Gasteiger partial charge in [-0.1, -0.05) is 19.8 Å². The van der Waals surface area contributed by atoms with Gasteiger partial charge in [-0.2, -0.15) is 0 Å². The van der Waals surface area contributed by atoms with Crippen molar-refractivity contribution in [2.45, 2.75) is 45.4 Å². The molecule has 1 aliphatic rings. The Labute approximate surface area is 96.9 Å². The molecule has 16 heavy (non-hydrogen) atoms. The standard InChI is InChI=1S/C12H21NO3/c1-2-7-12(15)16-10-11(14)13-8-5-3-4-6-9-13/h2-10H2,1H3. The predicted molar refractivity (Wildman–Crippen MR) is 60.9 cm³/mol. The minimum absolute atomic E-state index is 0.0497. The Morgan fingerprint density at radius 1 is 1.12 bits per heavy atom. The zero-order valence-corrected chi connectivity index (χ0v) is 10.0. The molecule has 0 N–H and O–H groups in total. The van der Waals surface area contributed by atoms with E-state index in [4.69, 9.17) is 4.74 Å². The molecule has 1 rings (SSSR count). The van der Waals surface area contributed by atoms with Crippen molar-refractivity contribution in [3.05, 3.63) is 0 Å². The normalized spacial score (nSPS) is 16.7.